The Morgan fingerprint density at radius 1 is 1.18 bits per heavy atom. The Labute approximate surface area is 129 Å². The highest BCUT2D eigenvalue weighted by Gasteiger charge is 2.36. The van der Waals surface area contributed by atoms with Gasteiger partial charge in [-0.25, -0.2) is 0 Å². The third-order valence-corrected chi connectivity index (χ3v) is 5.99. The monoisotopic (exact) mass is 350 g/mol. The van der Waals surface area contributed by atoms with Crippen LogP contribution in [0, 0.1) is 10.1 Å². The molecule has 0 aliphatic heterocycles. The van der Waals surface area contributed by atoms with Crippen molar-refractivity contribution in [2.75, 3.05) is 33.8 Å². The molecule has 0 aliphatic carbocycles. The molecule has 0 bridgehead atoms. The average molecular weight is 350 g/mol. The topological polar surface area (TPSA) is 108 Å². The molecule has 8 nitrogen and oxygen atoms in total. The summed E-state index contributed by atoms with van der Waals surface area (Å²) in [4.78, 5) is 10.2. The van der Waals surface area contributed by atoms with E-state index in [-0.39, 0.29) is 12.0 Å². The summed E-state index contributed by atoms with van der Waals surface area (Å²) in [6.07, 6.45) is 0.130. The van der Waals surface area contributed by atoms with E-state index in [0.29, 0.717) is 5.56 Å². The lowest BCUT2D eigenvalue weighted by molar-refractivity contribution is -0.384. The Morgan fingerprint density at radius 3 is 2.05 bits per heavy atom. The molecule has 124 valence electrons. The minimum Gasteiger partial charge on any atom is -0.323 e. The summed E-state index contributed by atoms with van der Waals surface area (Å²) in [5.41, 5.74) is 0.412. The van der Waals surface area contributed by atoms with E-state index in [0.717, 1.165) is 0 Å². The van der Waals surface area contributed by atoms with Gasteiger partial charge in [-0.1, -0.05) is 0 Å². The van der Waals surface area contributed by atoms with E-state index in [2.05, 4.69) is 5.32 Å². The lowest BCUT2D eigenvalue weighted by Gasteiger charge is -2.26. The zero-order valence-corrected chi connectivity index (χ0v) is 14.7. The van der Waals surface area contributed by atoms with Crippen molar-refractivity contribution in [2.24, 2.45) is 0 Å². The van der Waals surface area contributed by atoms with E-state index < -0.39 is 25.4 Å². The molecule has 1 aromatic carbocycles. The van der Waals surface area contributed by atoms with Gasteiger partial charge < -0.3 is 13.6 Å². The molecule has 0 saturated heterocycles. The van der Waals surface area contributed by atoms with Gasteiger partial charge in [0.2, 0.25) is 0 Å². The Morgan fingerprint density at radius 2 is 1.68 bits per heavy atom. The Kier molecular flexibility index (Phi) is 6.47. The predicted octanol–water partition coefficient (Wildman–Crippen LogP) is 3.25. The minimum atomic E-state index is -3.54. The van der Waals surface area contributed by atoms with Crippen LogP contribution in [0.2, 0.25) is 0 Å². The van der Waals surface area contributed by atoms with Crippen LogP contribution in [0.5, 0.6) is 0 Å². The molecule has 0 heterocycles. The van der Waals surface area contributed by atoms with Crippen molar-refractivity contribution in [1.29, 1.82) is 0 Å². The summed E-state index contributed by atoms with van der Waals surface area (Å²) < 4.78 is 34.5. The first-order chi connectivity index (χ1) is 10.1. The maximum atomic E-state index is 12.7. The molecule has 10 heteroatoms. The second kappa shape index (κ2) is 7.49. The van der Waals surface area contributed by atoms with Gasteiger partial charge in [0.05, 0.1) is 12.1 Å². The molecule has 1 rings (SSSR count). The first-order valence-electron chi connectivity index (χ1n) is 6.36. The van der Waals surface area contributed by atoms with Gasteiger partial charge in [0, 0.05) is 32.6 Å². The normalized spacial score (nSPS) is 13.8. The highest BCUT2D eigenvalue weighted by Crippen LogP contribution is 2.59. The first-order valence-corrected chi connectivity index (χ1v) is 10.8. The van der Waals surface area contributed by atoms with Crippen molar-refractivity contribution in [1.82, 2.24) is 5.32 Å². The van der Waals surface area contributed by atoms with E-state index in [1.807, 2.05) is 0 Å². The SMILES string of the molecule is COP(=O)(OC)C(NCP(C)(C)=O)c1ccc([N+](=O)[O-])cc1. The number of hydrogen-bond donors (Lipinski definition) is 1. The van der Waals surface area contributed by atoms with Gasteiger partial charge >= 0.3 is 7.60 Å². The molecular formula is C12H20N2O6P2. The zero-order valence-electron chi connectivity index (χ0n) is 12.9. The number of nitrogens with zero attached hydrogens (tertiary/aromatic N) is 1. The molecule has 0 saturated carbocycles. The Hall–Kier alpha value is -1.04. The van der Waals surface area contributed by atoms with Crippen LogP contribution in [0.25, 0.3) is 0 Å². The molecule has 0 amide bonds. The third-order valence-electron chi connectivity index (χ3n) is 2.91. The fourth-order valence-electron chi connectivity index (χ4n) is 1.78. The number of nitrogens with one attached hydrogen (secondary N) is 1. The summed E-state index contributed by atoms with van der Waals surface area (Å²) >= 11 is 0. The van der Waals surface area contributed by atoms with E-state index in [4.69, 9.17) is 9.05 Å². The van der Waals surface area contributed by atoms with Gasteiger partial charge in [-0.05, 0) is 31.0 Å². The number of non-ortho nitro benzene ring substituents is 1. The van der Waals surface area contributed by atoms with Gasteiger partial charge in [0.25, 0.3) is 5.69 Å². The van der Waals surface area contributed by atoms with Gasteiger partial charge in [0.1, 0.15) is 5.78 Å². The van der Waals surface area contributed by atoms with E-state index in [1.165, 1.54) is 38.5 Å². The molecule has 1 atom stereocenters. The van der Waals surface area contributed by atoms with Crippen molar-refractivity contribution in [3.8, 4) is 0 Å². The lowest BCUT2D eigenvalue weighted by atomic mass is 10.2. The standard InChI is InChI=1S/C12H20N2O6P2/c1-19-22(18,20-2)12(13-9-21(3,4)17)10-5-7-11(8-6-10)14(15)16/h5-8,12-13H,9H2,1-4H3. The molecule has 1 unspecified atom stereocenters. The summed E-state index contributed by atoms with van der Waals surface area (Å²) in [6.45, 7) is 3.19. The highest BCUT2D eigenvalue weighted by atomic mass is 31.2. The number of nitro benzene ring substituents is 1. The zero-order chi connectivity index (χ0) is 17.0. The molecule has 0 fully saturated rings. The van der Waals surface area contributed by atoms with Crippen LogP contribution < -0.4 is 5.32 Å². The summed E-state index contributed by atoms with van der Waals surface area (Å²) in [7, 11) is -3.44. The van der Waals surface area contributed by atoms with Crippen LogP contribution >= 0.6 is 14.7 Å². The predicted molar refractivity (Wildman–Crippen MR) is 84.9 cm³/mol. The van der Waals surface area contributed by atoms with Crippen LogP contribution in [0.3, 0.4) is 0 Å². The van der Waals surface area contributed by atoms with Crippen LogP contribution in [-0.4, -0.2) is 38.8 Å². The van der Waals surface area contributed by atoms with Crippen LogP contribution in [0.4, 0.5) is 5.69 Å². The first kappa shape index (κ1) is 19.0. The summed E-state index contributed by atoms with van der Waals surface area (Å²) in [6, 6.07) is 5.54. The lowest BCUT2D eigenvalue weighted by Crippen LogP contribution is -2.23. The van der Waals surface area contributed by atoms with Crippen molar-refractivity contribution >= 4 is 20.4 Å². The second-order valence-electron chi connectivity index (χ2n) is 5.09. The van der Waals surface area contributed by atoms with Gasteiger partial charge in [0.15, 0.2) is 0 Å². The number of benzene rings is 1. The largest absolute Gasteiger partial charge is 0.351 e. The van der Waals surface area contributed by atoms with Crippen LogP contribution in [0.1, 0.15) is 11.3 Å². The molecule has 1 aromatic rings. The van der Waals surface area contributed by atoms with E-state index >= 15 is 0 Å². The molecule has 0 spiro atoms. The van der Waals surface area contributed by atoms with E-state index in [1.54, 1.807) is 13.3 Å². The second-order valence-corrected chi connectivity index (χ2v) is 10.9. The number of hydrogen-bond acceptors (Lipinski definition) is 7. The quantitative estimate of drug-likeness (QED) is 0.435. The third kappa shape index (κ3) is 5.00. The molecule has 0 radical (unpaired) electrons. The van der Waals surface area contributed by atoms with Gasteiger partial charge in [-0.2, -0.15) is 0 Å². The maximum Gasteiger partial charge on any atom is 0.351 e. The summed E-state index contributed by atoms with van der Waals surface area (Å²) in [5.74, 6) is -0.864. The molecule has 1 N–H and O–H groups in total. The number of nitro groups is 1. The smallest absolute Gasteiger partial charge is 0.323 e. The Balaban J connectivity index is 3.16. The van der Waals surface area contributed by atoms with Crippen molar-refractivity contribution in [3.63, 3.8) is 0 Å². The van der Waals surface area contributed by atoms with Crippen LogP contribution in [0.15, 0.2) is 24.3 Å². The van der Waals surface area contributed by atoms with Crippen molar-refractivity contribution < 1.29 is 23.1 Å². The van der Waals surface area contributed by atoms with Gasteiger partial charge in [-0.3, -0.25) is 20.0 Å². The van der Waals surface area contributed by atoms with Gasteiger partial charge in [-0.15, -0.1) is 0 Å². The molecule has 0 aromatic heterocycles. The van der Waals surface area contributed by atoms with Crippen LogP contribution in [-0.2, 0) is 18.2 Å². The molecular weight excluding hydrogens is 330 g/mol. The van der Waals surface area contributed by atoms with E-state index in [9.17, 15) is 19.2 Å². The highest BCUT2D eigenvalue weighted by molar-refractivity contribution is 7.62. The minimum absolute atomic E-state index is 0.0798. The van der Waals surface area contributed by atoms with Crippen molar-refractivity contribution in [3.05, 3.63) is 39.9 Å². The average Bonchev–Trinajstić information content (AvgIpc) is 2.46. The van der Waals surface area contributed by atoms with Crippen molar-refractivity contribution in [2.45, 2.75) is 5.78 Å². The molecule has 0 aliphatic rings. The fourth-order valence-corrected chi connectivity index (χ4v) is 3.97. The molecule has 22 heavy (non-hydrogen) atoms. The number of rotatable bonds is 8. The fraction of sp³-hybridized carbons (Fsp3) is 0.500. The Bertz CT molecular complexity index is 605. The maximum absolute atomic E-state index is 12.7. The summed E-state index contributed by atoms with van der Waals surface area (Å²) in [5, 5.41) is 13.6.